The number of aromatic nitrogens is 1. The molecule has 2 aromatic carbocycles. The van der Waals surface area contributed by atoms with Crippen LogP contribution in [0.5, 0.6) is 5.75 Å². The van der Waals surface area contributed by atoms with E-state index in [0.717, 1.165) is 17.0 Å². The number of ether oxygens (including phenoxy) is 1. The molecule has 1 heterocycles. The van der Waals surface area contributed by atoms with E-state index in [9.17, 15) is 4.79 Å². The third-order valence-corrected chi connectivity index (χ3v) is 3.66. The summed E-state index contributed by atoms with van der Waals surface area (Å²) in [4.78, 5) is 16.6. The second kappa shape index (κ2) is 7.49. The SMILES string of the molecule is COc1ccc(Nc2ccc(NC(=O)c3cccc(C)c3)cn2)cc1. The molecule has 0 bridgehead atoms. The van der Waals surface area contributed by atoms with Gasteiger partial charge < -0.3 is 15.4 Å². The summed E-state index contributed by atoms with van der Waals surface area (Å²) >= 11 is 0. The van der Waals surface area contributed by atoms with Crippen molar-refractivity contribution < 1.29 is 9.53 Å². The van der Waals surface area contributed by atoms with Gasteiger partial charge in [-0.3, -0.25) is 4.79 Å². The van der Waals surface area contributed by atoms with E-state index in [-0.39, 0.29) is 5.91 Å². The third kappa shape index (κ3) is 4.35. The molecule has 0 unspecified atom stereocenters. The fourth-order valence-electron chi connectivity index (χ4n) is 2.35. The minimum absolute atomic E-state index is 0.152. The number of benzene rings is 2. The van der Waals surface area contributed by atoms with Gasteiger partial charge in [0.2, 0.25) is 0 Å². The molecule has 5 nitrogen and oxygen atoms in total. The maximum absolute atomic E-state index is 12.2. The average Bonchev–Trinajstić information content (AvgIpc) is 2.64. The Labute approximate surface area is 146 Å². The molecule has 1 aromatic heterocycles. The molecular formula is C20H19N3O2. The fraction of sp³-hybridized carbons (Fsp3) is 0.100. The monoisotopic (exact) mass is 333 g/mol. The Hall–Kier alpha value is -3.34. The van der Waals surface area contributed by atoms with Crippen molar-refractivity contribution in [3.63, 3.8) is 0 Å². The van der Waals surface area contributed by atoms with E-state index in [0.29, 0.717) is 17.1 Å². The zero-order chi connectivity index (χ0) is 17.6. The van der Waals surface area contributed by atoms with Crippen molar-refractivity contribution in [1.82, 2.24) is 4.98 Å². The molecule has 0 aliphatic carbocycles. The van der Waals surface area contributed by atoms with Crippen LogP contribution in [0.3, 0.4) is 0 Å². The molecule has 25 heavy (non-hydrogen) atoms. The van der Waals surface area contributed by atoms with Crippen molar-refractivity contribution in [2.75, 3.05) is 17.7 Å². The van der Waals surface area contributed by atoms with Gasteiger partial charge in [0.25, 0.3) is 5.91 Å². The van der Waals surface area contributed by atoms with Crippen molar-refractivity contribution in [3.05, 3.63) is 78.0 Å². The highest BCUT2D eigenvalue weighted by molar-refractivity contribution is 6.04. The number of pyridine rings is 1. The zero-order valence-electron chi connectivity index (χ0n) is 14.1. The van der Waals surface area contributed by atoms with Gasteiger partial charge in [-0.05, 0) is 55.5 Å². The fourth-order valence-corrected chi connectivity index (χ4v) is 2.35. The van der Waals surface area contributed by atoms with E-state index in [1.165, 1.54) is 0 Å². The van der Waals surface area contributed by atoms with Crippen LogP contribution in [0.1, 0.15) is 15.9 Å². The van der Waals surface area contributed by atoms with E-state index in [4.69, 9.17) is 4.74 Å². The van der Waals surface area contributed by atoms with Crippen molar-refractivity contribution >= 4 is 23.1 Å². The van der Waals surface area contributed by atoms with Crippen LogP contribution in [0, 0.1) is 6.92 Å². The number of rotatable bonds is 5. The number of nitrogens with one attached hydrogen (secondary N) is 2. The van der Waals surface area contributed by atoms with Gasteiger partial charge in [-0.15, -0.1) is 0 Å². The van der Waals surface area contributed by atoms with Crippen molar-refractivity contribution in [1.29, 1.82) is 0 Å². The lowest BCUT2D eigenvalue weighted by atomic mass is 10.1. The summed E-state index contributed by atoms with van der Waals surface area (Å²) < 4.78 is 5.13. The minimum atomic E-state index is -0.152. The lowest BCUT2D eigenvalue weighted by Gasteiger charge is -2.09. The van der Waals surface area contributed by atoms with Crippen LogP contribution in [0.15, 0.2) is 66.9 Å². The molecule has 0 aliphatic heterocycles. The first-order chi connectivity index (χ1) is 12.1. The van der Waals surface area contributed by atoms with E-state index in [2.05, 4.69) is 15.6 Å². The van der Waals surface area contributed by atoms with Gasteiger partial charge in [-0.2, -0.15) is 0 Å². The van der Waals surface area contributed by atoms with Crippen LogP contribution in [0.25, 0.3) is 0 Å². The smallest absolute Gasteiger partial charge is 0.255 e. The summed E-state index contributed by atoms with van der Waals surface area (Å²) in [6.45, 7) is 1.96. The highest BCUT2D eigenvalue weighted by Crippen LogP contribution is 2.19. The first-order valence-corrected chi connectivity index (χ1v) is 7.89. The van der Waals surface area contributed by atoms with Gasteiger partial charge >= 0.3 is 0 Å². The molecule has 0 saturated heterocycles. The summed E-state index contributed by atoms with van der Waals surface area (Å²) in [5.41, 5.74) is 3.22. The van der Waals surface area contributed by atoms with Crippen LogP contribution >= 0.6 is 0 Å². The van der Waals surface area contributed by atoms with Crippen molar-refractivity contribution in [2.45, 2.75) is 6.92 Å². The first-order valence-electron chi connectivity index (χ1n) is 7.89. The standard InChI is InChI=1S/C20H19N3O2/c1-14-4-3-5-15(12-14)20(24)23-17-8-11-19(21-13-17)22-16-6-9-18(25-2)10-7-16/h3-13H,1-2H3,(H,21,22)(H,23,24). The van der Waals surface area contributed by atoms with Gasteiger partial charge in [0.05, 0.1) is 19.0 Å². The molecular weight excluding hydrogens is 314 g/mol. The second-order valence-electron chi connectivity index (χ2n) is 5.61. The lowest BCUT2D eigenvalue weighted by Crippen LogP contribution is -2.12. The van der Waals surface area contributed by atoms with Gasteiger partial charge in [0.15, 0.2) is 0 Å². The molecule has 5 heteroatoms. The Morgan fingerprint density at radius 2 is 1.76 bits per heavy atom. The minimum Gasteiger partial charge on any atom is -0.497 e. The van der Waals surface area contributed by atoms with E-state index >= 15 is 0 Å². The molecule has 3 rings (SSSR count). The van der Waals surface area contributed by atoms with Crippen molar-refractivity contribution in [3.8, 4) is 5.75 Å². The maximum atomic E-state index is 12.2. The molecule has 0 spiro atoms. The maximum Gasteiger partial charge on any atom is 0.255 e. The quantitative estimate of drug-likeness (QED) is 0.727. The Bertz CT molecular complexity index is 859. The van der Waals surface area contributed by atoms with Gasteiger partial charge in [-0.25, -0.2) is 4.98 Å². The van der Waals surface area contributed by atoms with Crippen LogP contribution in [-0.4, -0.2) is 18.0 Å². The molecule has 0 aliphatic rings. The van der Waals surface area contributed by atoms with Crippen molar-refractivity contribution in [2.24, 2.45) is 0 Å². The molecule has 1 amide bonds. The van der Waals surface area contributed by atoms with Gasteiger partial charge in [0, 0.05) is 11.3 Å². The number of carbonyl (C=O) groups is 1. The molecule has 2 N–H and O–H groups in total. The predicted molar refractivity (Wildman–Crippen MR) is 99.6 cm³/mol. The Morgan fingerprint density at radius 3 is 2.40 bits per heavy atom. The number of carbonyl (C=O) groups excluding carboxylic acids is 1. The van der Waals surface area contributed by atoms with Crippen LogP contribution in [0.2, 0.25) is 0 Å². The van der Waals surface area contributed by atoms with E-state index in [1.54, 1.807) is 19.4 Å². The first kappa shape index (κ1) is 16.5. The molecule has 3 aromatic rings. The number of nitrogens with zero attached hydrogens (tertiary/aromatic N) is 1. The van der Waals surface area contributed by atoms with Crippen LogP contribution in [0.4, 0.5) is 17.2 Å². The number of aryl methyl sites for hydroxylation is 1. The number of methoxy groups -OCH3 is 1. The van der Waals surface area contributed by atoms with Gasteiger partial charge in [-0.1, -0.05) is 17.7 Å². The molecule has 0 fully saturated rings. The Morgan fingerprint density at radius 1 is 1.00 bits per heavy atom. The lowest BCUT2D eigenvalue weighted by molar-refractivity contribution is 0.102. The Kier molecular flexibility index (Phi) is 4.95. The number of anilines is 3. The number of hydrogen-bond acceptors (Lipinski definition) is 4. The Balaban J connectivity index is 1.64. The van der Waals surface area contributed by atoms with Crippen LogP contribution < -0.4 is 15.4 Å². The zero-order valence-corrected chi connectivity index (χ0v) is 14.1. The second-order valence-corrected chi connectivity index (χ2v) is 5.61. The van der Waals surface area contributed by atoms with E-state index in [1.807, 2.05) is 61.5 Å². The average molecular weight is 333 g/mol. The summed E-state index contributed by atoms with van der Waals surface area (Å²) in [5.74, 6) is 1.34. The normalized spacial score (nSPS) is 10.2. The highest BCUT2D eigenvalue weighted by atomic mass is 16.5. The van der Waals surface area contributed by atoms with E-state index < -0.39 is 0 Å². The molecule has 0 radical (unpaired) electrons. The summed E-state index contributed by atoms with van der Waals surface area (Å²) in [7, 11) is 1.63. The molecule has 0 atom stereocenters. The highest BCUT2D eigenvalue weighted by Gasteiger charge is 2.06. The predicted octanol–water partition coefficient (Wildman–Crippen LogP) is 4.39. The summed E-state index contributed by atoms with van der Waals surface area (Å²) in [5, 5.41) is 6.04. The van der Waals surface area contributed by atoms with Crippen LogP contribution in [-0.2, 0) is 0 Å². The number of amides is 1. The third-order valence-electron chi connectivity index (χ3n) is 3.66. The molecule has 0 saturated carbocycles. The largest absolute Gasteiger partial charge is 0.497 e. The van der Waals surface area contributed by atoms with Gasteiger partial charge in [0.1, 0.15) is 11.6 Å². The molecule has 126 valence electrons. The number of hydrogen-bond donors (Lipinski definition) is 2. The summed E-state index contributed by atoms with van der Waals surface area (Å²) in [6, 6.07) is 18.7. The topological polar surface area (TPSA) is 63.2 Å². The summed E-state index contributed by atoms with van der Waals surface area (Å²) in [6.07, 6.45) is 1.62.